The molecule has 1 amide bonds. The van der Waals surface area contributed by atoms with Crippen molar-refractivity contribution in [2.24, 2.45) is 5.10 Å². The van der Waals surface area contributed by atoms with Crippen LogP contribution in [-0.4, -0.2) is 37.4 Å². The third-order valence-corrected chi connectivity index (χ3v) is 6.01. The summed E-state index contributed by atoms with van der Waals surface area (Å²) >= 11 is 0. The van der Waals surface area contributed by atoms with Gasteiger partial charge in [0.2, 0.25) is 0 Å². The molecule has 0 bridgehead atoms. The Labute approximate surface area is 251 Å². The van der Waals surface area contributed by atoms with Crippen molar-refractivity contribution in [2.75, 3.05) is 13.2 Å². The van der Waals surface area contributed by atoms with Gasteiger partial charge in [0.1, 0.15) is 23.9 Å². The van der Waals surface area contributed by atoms with Gasteiger partial charge in [-0.25, -0.2) is 10.2 Å². The third-order valence-electron chi connectivity index (χ3n) is 6.01. The summed E-state index contributed by atoms with van der Waals surface area (Å²) < 4.78 is 28.2. The average Bonchev–Trinajstić information content (AvgIpc) is 3.03. The summed E-state index contributed by atoms with van der Waals surface area (Å²) in [4.78, 5) is 25.2. The number of rotatable bonds is 14. The number of carbonyl (C=O) groups is 2. The molecule has 4 aromatic rings. The summed E-state index contributed by atoms with van der Waals surface area (Å²) in [6.45, 7) is 6.70. The molecule has 9 heteroatoms. The van der Waals surface area contributed by atoms with Crippen LogP contribution >= 0.6 is 0 Å². The van der Waals surface area contributed by atoms with Crippen molar-refractivity contribution < 1.29 is 33.3 Å². The lowest BCUT2D eigenvalue weighted by Gasteiger charge is -2.14. The molecule has 0 saturated carbocycles. The van der Waals surface area contributed by atoms with Crippen LogP contribution in [0.1, 0.15) is 42.3 Å². The fourth-order valence-corrected chi connectivity index (χ4v) is 3.84. The normalized spacial score (nSPS) is 11.4. The van der Waals surface area contributed by atoms with Gasteiger partial charge in [-0.1, -0.05) is 30.3 Å². The van der Waals surface area contributed by atoms with E-state index < -0.39 is 18.0 Å². The zero-order valence-corrected chi connectivity index (χ0v) is 24.3. The first-order chi connectivity index (χ1) is 20.9. The van der Waals surface area contributed by atoms with Crippen molar-refractivity contribution in [3.05, 3.63) is 114 Å². The third kappa shape index (κ3) is 9.36. The van der Waals surface area contributed by atoms with E-state index in [9.17, 15) is 9.59 Å². The van der Waals surface area contributed by atoms with Gasteiger partial charge >= 0.3 is 5.97 Å². The molecule has 1 atom stereocenters. The van der Waals surface area contributed by atoms with E-state index in [2.05, 4.69) is 10.5 Å². The number of carbonyl (C=O) groups excluding carboxylic acids is 2. The van der Waals surface area contributed by atoms with Gasteiger partial charge < -0.3 is 23.7 Å². The minimum Gasteiger partial charge on any atom is -0.494 e. The molecule has 43 heavy (non-hydrogen) atoms. The molecule has 9 nitrogen and oxygen atoms in total. The smallest absolute Gasteiger partial charge is 0.343 e. The van der Waals surface area contributed by atoms with Gasteiger partial charge in [0, 0.05) is 0 Å². The molecular weight excluding hydrogens is 548 g/mol. The minimum absolute atomic E-state index is 0.264. The fourth-order valence-electron chi connectivity index (χ4n) is 3.84. The molecule has 0 aliphatic heterocycles. The number of benzene rings is 4. The van der Waals surface area contributed by atoms with Crippen molar-refractivity contribution in [3.63, 3.8) is 0 Å². The monoisotopic (exact) mass is 582 g/mol. The molecule has 1 N–H and O–H groups in total. The maximum absolute atomic E-state index is 12.7. The number of hydrazone groups is 1. The number of esters is 1. The molecule has 0 aliphatic carbocycles. The van der Waals surface area contributed by atoms with Crippen molar-refractivity contribution in [1.29, 1.82) is 0 Å². The van der Waals surface area contributed by atoms with E-state index in [0.717, 1.165) is 5.56 Å². The van der Waals surface area contributed by atoms with Gasteiger partial charge in [0.25, 0.3) is 5.91 Å². The molecule has 0 aromatic heterocycles. The molecule has 0 saturated heterocycles. The molecular formula is C34H34N2O7. The molecule has 4 aromatic carbocycles. The van der Waals surface area contributed by atoms with Crippen molar-refractivity contribution in [2.45, 2.75) is 33.5 Å². The lowest BCUT2D eigenvalue weighted by Crippen LogP contribution is -2.33. The molecule has 0 radical (unpaired) electrons. The summed E-state index contributed by atoms with van der Waals surface area (Å²) in [5, 5.41) is 4.03. The van der Waals surface area contributed by atoms with Gasteiger partial charge in [-0.3, -0.25) is 4.79 Å². The van der Waals surface area contributed by atoms with E-state index in [1.54, 1.807) is 73.7 Å². The Bertz CT molecular complexity index is 1500. The molecule has 4 rings (SSSR count). The first kappa shape index (κ1) is 30.6. The standard InChI is InChI=1S/C34H34N2O7/c1-4-39-28-14-12-27(13-15-28)34(38)43-31-20-11-26(21-32(31)40-5-2)22-35-36-33(37)24(3)42-30-18-16-29(17-19-30)41-23-25-9-7-6-8-10-25/h6-22,24H,4-5,23H2,1-3H3,(H,36,37)/b35-22+. The van der Waals surface area contributed by atoms with Gasteiger partial charge in [-0.2, -0.15) is 5.10 Å². The van der Waals surface area contributed by atoms with Crippen LogP contribution in [0.25, 0.3) is 0 Å². The Morgan fingerprint density at radius 1 is 0.767 bits per heavy atom. The SMILES string of the molecule is CCOc1ccc(C(=O)Oc2ccc(/C=N/NC(=O)C(C)Oc3ccc(OCc4ccccc4)cc3)cc2OCC)cc1. The van der Waals surface area contributed by atoms with Crippen LogP contribution in [0.15, 0.2) is 102 Å². The van der Waals surface area contributed by atoms with Crippen LogP contribution in [0.3, 0.4) is 0 Å². The number of hydrogen-bond donors (Lipinski definition) is 1. The molecule has 0 heterocycles. The lowest BCUT2D eigenvalue weighted by molar-refractivity contribution is -0.127. The van der Waals surface area contributed by atoms with Crippen molar-refractivity contribution in [1.82, 2.24) is 5.43 Å². The molecule has 0 spiro atoms. The predicted octanol–water partition coefficient (Wildman–Crippen LogP) is 6.20. The Morgan fingerprint density at radius 3 is 2.12 bits per heavy atom. The molecule has 222 valence electrons. The van der Waals surface area contributed by atoms with Crippen LogP contribution in [-0.2, 0) is 11.4 Å². The summed E-state index contributed by atoms with van der Waals surface area (Å²) in [5.41, 5.74) is 4.56. The van der Waals surface area contributed by atoms with Crippen LogP contribution in [0.2, 0.25) is 0 Å². The summed E-state index contributed by atoms with van der Waals surface area (Å²) in [6.07, 6.45) is 0.668. The highest BCUT2D eigenvalue weighted by Crippen LogP contribution is 2.29. The predicted molar refractivity (Wildman–Crippen MR) is 163 cm³/mol. The van der Waals surface area contributed by atoms with E-state index in [0.29, 0.717) is 53.9 Å². The summed E-state index contributed by atoms with van der Waals surface area (Å²) in [6, 6.07) is 28.6. The van der Waals surface area contributed by atoms with Gasteiger partial charge in [-0.05, 0) is 98.6 Å². The van der Waals surface area contributed by atoms with E-state index in [1.807, 2.05) is 44.2 Å². The number of hydrogen-bond acceptors (Lipinski definition) is 8. The van der Waals surface area contributed by atoms with E-state index >= 15 is 0 Å². The number of nitrogens with zero attached hydrogens (tertiary/aromatic N) is 1. The Kier molecular flexibility index (Phi) is 11.1. The largest absolute Gasteiger partial charge is 0.494 e. The second kappa shape index (κ2) is 15.6. The second-order valence-corrected chi connectivity index (χ2v) is 9.23. The molecule has 1 unspecified atom stereocenters. The molecule has 0 fully saturated rings. The topological polar surface area (TPSA) is 105 Å². The summed E-state index contributed by atoms with van der Waals surface area (Å²) in [7, 11) is 0. The maximum atomic E-state index is 12.7. The van der Waals surface area contributed by atoms with Crippen LogP contribution < -0.4 is 29.1 Å². The quantitative estimate of drug-likeness (QED) is 0.0817. The van der Waals surface area contributed by atoms with Crippen molar-refractivity contribution >= 4 is 18.1 Å². The number of ether oxygens (including phenoxy) is 5. The van der Waals surface area contributed by atoms with Gasteiger partial charge in [0.05, 0.1) is 25.0 Å². The number of amides is 1. The van der Waals surface area contributed by atoms with Crippen LogP contribution in [0, 0.1) is 0 Å². The first-order valence-corrected chi connectivity index (χ1v) is 13.9. The lowest BCUT2D eigenvalue weighted by atomic mass is 10.2. The fraction of sp³-hybridized carbons (Fsp3) is 0.206. The minimum atomic E-state index is -0.795. The van der Waals surface area contributed by atoms with Gasteiger partial charge in [-0.15, -0.1) is 0 Å². The van der Waals surface area contributed by atoms with Crippen LogP contribution in [0.4, 0.5) is 0 Å². The molecule has 0 aliphatic rings. The highest BCUT2D eigenvalue weighted by Gasteiger charge is 2.15. The zero-order valence-electron chi connectivity index (χ0n) is 24.3. The van der Waals surface area contributed by atoms with Crippen molar-refractivity contribution in [3.8, 4) is 28.7 Å². The zero-order chi connectivity index (χ0) is 30.4. The van der Waals surface area contributed by atoms with E-state index in [4.69, 9.17) is 23.7 Å². The van der Waals surface area contributed by atoms with E-state index in [-0.39, 0.29) is 5.75 Å². The first-order valence-electron chi connectivity index (χ1n) is 13.9. The average molecular weight is 583 g/mol. The maximum Gasteiger partial charge on any atom is 0.343 e. The Balaban J connectivity index is 1.28. The highest BCUT2D eigenvalue weighted by atomic mass is 16.6. The highest BCUT2D eigenvalue weighted by molar-refractivity contribution is 5.92. The second-order valence-electron chi connectivity index (χ2n) is 9.23. The Morgan fingerprint density at radius 2 is 1.42 bits per heavy atom. The number of nitrogens with one attached hydrogen (secondary N) is 1. The van der Waals surface area contributed by atoms with Crippen LogP contribution in [0.5, 0.6) is 28.7 Å². The Hall–Kier alpha value is -5.31. The van der Waals surface area contributed by atoms with E-state index in [1.165, 1.54) is 6.21 Å². The van der Waals surface area contributed by atoms with Gasteiger partial charge in [0.15, 0.2) is 17.6 Å². The summed E-state index contributed by atoms with van der Waals surface area (Å²) in [5.74, 6) is 1.57.